The zero-order chi connectivity index (χ0) is 12.0. The van der Waals surface area contributed by atoms with Crippen LogP contribution in [-0.4, -0.2) is 25.8 Å². The highest BCUT2D eigenvalue weighted by atomic mass is 16.5. The van der Waals surface area contributed by atoms with Crippen LogP contribution in [0, 0.1) is 11.3 Å². The first-order valence-electron chi connectivity index (χ1n) is 6.88. The van der Waals surface area contributed by atoms with Crippen LogP contribution in [0.25, 0.3) is 0 Å². The monoisotopic (exact) mass is 227 g/mol. The standard InChI is InChI=1S/C14H29NO/c1-5-14(4,11-15-10-12(2)3)9-13-7-6-8-16-13/h12-13,15H,5-11H2,1-4H3. The Morgan fingerprint density at radius 3 is 2.69 bits per heavy atom. The molecule has 0 radical (unpaired) electrons. The lowest BCUT2D eigenvalue weighted by atomic mass is 9.81. The van der Waals surface area contributed by atoms with Crippen molar-refractivity contribution in [2.75, 3.05) is 19.7 Å². The minimum Gasteiger partial charge on any atom is -0.378 e. The van der Waals surface area contributed by atoms with Gasteiger partial charge in [-0.15, -0.1) is 0 Å². The van der Waals surface area contributed by atoms with Gasteiger partial charge in [0.25, 0.3) is 0 Å². The highest BCUT2D eigenvalue weighted by molar-refractivity contribution is 4.81. The molecule has 1 rings (SSSR count). The Morgan fingerprint density at radius 1 is 1.44 bits per heavy atom. The summed E-state index contributed by atoms with van der Waals surface area (Å²) < 4.78 is 5.75. The third-order valence-corrected chi connectivity index (χ3v) is 3.70. The number of hydrogen-bond acceptors (Lipinski definition) is 2. The first-order valence-corrected chi connectivity index (χ1v) is 6.88. The van der Waals surface area contributed by atoms with E-state index in [0.29, 0.717) is 11.5 Å². The van der Waals surface area contributed by atoms with Crippen molar-refractivity contribution in [3.63, 3.8) is 0 Å². The third-order valence-electron chi connectivity index (χ3n) is 3.70. The third kappa shape index (κ3) is 4.84. The maximum absolute atomic E-state index is 5.75. The molecule has 1 aliphatic rings. The lowest BCUT2D eigenvalue weighted by molar-refractivity contribution is 0.0642. The molecule has 1 saturated heterocycles. The average molecular weight is 227 g/mol. The van der Waals surface area contributed by atoms with Crippen molar-refractivity contribution in [3.05, 3.63) is 0 Å². The smallest absolute Gasteiger partial charge is 0.0581 e. The molecule has 1 fully saturated rings. The quantitative estimate of drug-likeness (QED) is 0.721. The fraction of sp³-hybridized carbons (Fsp3) is 1.00. The zero-order valence-corrected chi connectivity index (χ0v) is 11.5. The van der Waals surface area contributed by atoms with E-state index in [1.807, 2.05) is 0 Å². The molecule has 2 unspecified atom stereocenters. The van der Waals surface area contributed by atoms with E-state index in [1.165, 1.54) is 25.7 Å². The lowest BCUT2D eigenvalue weighted by Crippen LogP contribution is -2.36. The Labute approximate surface area is 101 Å². The van der Waals surface area contributed by atoms with Crippen LogP contribution in [0.5, 0.6) is 0 Å². The van der Waals surface area contributed by atoms with Crippen molar-refractivity contribution in [2.24, 2.45) is 11.3 Å². The number of nitrogens with one attached hydrogen (secondary N) is 1. The van der Waals surface area contributed by atoms with Gasteiger partial charge in [0.05, 0.1) is 6.10 Å². The average Bonchev–Trinajstić information content (AvgIpc) is 2.69. The van der Waals surface area contributed by atoms with Crippen LogP contribution in [-0.2, 0) is 4.74 Å². The van der Waals surface area contributed by atoms with Crippen molar-refractivity contribution >= 4 is 0 Å². The Balaban J connectivity index is 2.30. The minimum absolute atomic E-state index is 0.407. The van der Waals surface area contributed by atoms with E-state index in [9.17, 15) is 0 Å². The summed E-state index contributed by atoms with van der Waals surface area (Å²) in [5.74, 6) is 0.740. The summed E-state index contributed by atoms with van der Waals surface area (Å²) >= 11 is 0. The molecular weight excluding hydrogens is 198 g/mol. The fourth-order valence-electron chi connectivity index (χ4n) is 2.36. The maximum Gasteiger partial charge on any atom is 0.0581 e. The minimum atomic E-state index is 0.407. The van der Waals surface area contributed by atoms with E-state index >= 15 is 0 Å². The van der Waals surface area contributed by atoms with Gasteiger partial charge >= 0.3 is 0 Å². The van der Waals surface area contributed by atoms with Gasteiger partial charge in [-0.1, -0.05) is 27.7 Å². The fourth-order valence-corrected chi connectivity index (χ4v) is 2.36. The molecule has 0 aromatic heterocycles. The summed E-state index contributed by atoms with van der Waals surface area (Å²) in [6.45, 7) is 12.4. The maximum atomic E-state index is 5.75. The predicted molar refractivity (Wildman–Crippen MR) is 69.7 cm³/mol. The second-order valence-electron chi connectivity index (χ2n) is 6.03. The van der Waals surface area contributed by atoms with Crippen LogP contribution in [0.4, 0.5) is 0 Å². The summed E-state index contributed by atoms with van der Waals surface area (Å²) in [4.78, 5) is 0. The molecule has 2 heteroatoms. The SMILES string of the molecule is CCC(C)(CNCC(C)C)CC1CCCO1. The van der Waals surface area contributed by atoms with E-state index in [1.54, 1.807) is 0 Å². The van der Waals surface area contributed by atoms with Crippen LogP contribution in [0.2, 0.25) is 0 Å². The van der Waals surface area contributed by atoms with Crippen LogP contribution in [0.1, 0.15) is 53.4 Å². The summed E-state index contributed by atoms with van der Waals surface area (Å²) in [5.41, 5.74) is 0.407. The molecule has 16 heavy (non-hydrogen) atoms. The molecule has 0 saturated carbocycles. The molecule has 0 aliphatic carbocycles. The van der Waals surface area contributed by atoms with Crippen LogP contribution >= 0.6 is 0 Å². The van der Waals surface area contributed by atoms with Gasteiger partial charge in [0.1, 0.15) is 0 Å². The van der Waals surface area contributed by atoms with Crippen LogP contribution in [0.3, 0.4) is 0 Å². The van der Waals surface area contributed by atoms with Gasteiger partial charge in [0, 0.05) is 13.2 Å². The Bertz CT molecular complexity index is 187. The number of ether oxygens (including phenoxy) is 1. The van der Waals surface area contributed by atoms with Crippen molar-refractivity contribution in [1.29, 1.82) is 0 Å². The second kappa shape index (κ2) is 6.61. The van der Waals surface area contributed by atoms with Gasteiger partial charge in [-0.25, -0.2) is 0 Å². The molecule has 2 atom stereocenters. The summed E-state index contributed by atoms with van der Waals surface area (Å²) in [6, 6.07) is 0. The van der Waals surface area contributed by atoms with E-state index in [4.69, 9.17) is 4.74 Å². The van der Waals surface area contributed by atoms with E-state index in [0.717, 1.165) is 25.6 Å². The van der Waals surface area contributed by atoms with E-state index < -0.39 is 0 Å². The van der Waals surface area contributed by atoms with Gasteiger partial charge in [0.2, 0.25) is 0 Å². The summed E-state index contributed by atoms with van der Waals surface area (Å²) in [7, 11) is 0. The number of rotatable bonds is 7. The van der Waals surface area contributed by atoms with Gasteiger partial charge in [-0.2, -0.15) is 0 Å². The van der Waals surface area contributed by atoms with Crippen LogP contribution in [0.15, 0.2) is 0 Å². The van der Waals surface area contributed by atoms with Crippen molar-refractivity contribution in [3.8, 4) is 0 Å². The summed E-state index contributed by atoms with van der Waals surface area (Å²) in [5, 5.41) is 3.59. The van der Waals surface area contributed by atoms with Crippen LogP contribution < -0.4 is 5.32 Å². The van der Waals surface area contributed by atoms with Gasteiger partial charge < -0.3 is 10.1 Å². The lowest BCUT2D eigenvalue weighted by Gasteiger charge is -2.31. The van der Waals surface area contributed by atoms with Gasteiger partial charge in [-0.3, -0.25) is 0 Å². The van der Waals surface area contributed by atoms with E-state index in [2.05, 4.69) is 33.0 Å². The first kappa shape index (κ1) is 14.0. The molecule has 96 valence electrons. The molecule has 0 aromatic carbocycles. The normalized spacial score (nSPS) is 24.9. The van der Waals surface area contributed by atoms with Crippen molar-refractivity contribution in [2.45, 2.75) is 59.5 Å². The molecule has 0 amide bonds. The zero-order valence-electron chi connectivity index (χ0n) is 11.5. The molecule has 0 bridgehead atoms. The molecule has 2 nitrogen and oxygen atoms in total. The molecule has 0 spiro atoms. The van der Waals surface area contributed by atoms with E-state index in [-0.39, 0.29) is 0 Å². The van der Waals surface area contributed by atoms with Crippen molar-refractivity contribution in [1.82, 2.24) is 5.32 Å². The largest absolute Gasteiger partial charge is 0.378 e. The van der Waals surface area contributed by atoms with Gasteiger partial charge in [-0.05, 0) is 43.6 Å². The first-order chi connectivity index (χ1) is 7.56. The topological polar surface area (TPSA) is 21.3 Å². The molecule has 1 N–H and O–H groups in total. The molecule has 1 aliphatic heterocycles. The number of hydrogen-bond donors (Lipinski definition) is 1. The molecule has 0 aromatic rings. The second-order valence-corrected chi connectivity index (χ2v) is 6.03. The highest BCUT2D eigenvalue weighted by Gasteiger charge is 2.28. The molecular formula is C14H29NO. The Hall–Kier alpha value is -0.0800. The Kier molecular flexibility index (Phi) is 5.77. The molecule has 1 heterocycles. The summed E-state index contributed by atoms with van der Waals surface area (Å²) in [6.07, 6.45) is 5.49. The van der Waals surface area contributed by atoms with Gasteiger partial charge in [0.15, 0.2) is 0 Å². The highest BCUT2D eigenvalue weighted by Crippen LogP contribution is 2.31. The van der Waals surface area contributed by atoms with Crippen molar-refractivity contribution < 1.29 is 4.74 Å². The Morgan fingerprint density at radius 2 is 2.19 bits per heavy atom. The predicted octanol–water partition coefficient (Wildman–Crippen LogP) is 3.22.